The Morgan fingerprint density at radius 3 is 2.21 bits per heavy atom. The van der Waals surface area contributed by atoms with Crippen LogP contribution in [0.2, 0.25) is 15.1 Å². The first-order chi connectivity index (χ1) is 6.50. The zero-order chi connectivity index (χ0) is 10.7. The zero-order valence-corrected chi connectivity index (χ0v) is 9.79. The highest BCUT2D eigenvalue weighted by Crippen LogP contribution is 2.33. The summed E-state index contributed by atoms with van der Waals surface area (Å²) >= 11 is 17.5. The van der Waals surface area contributed by atoms with Gasteiger partial charge in [-0.2, -0.15) is 0 Å². The average Bonchev–Trinajstić information content (AvgIpc) is 2.01. The number of halogens is 3. The summed E-state index contributed by atoms with van der Waals surface area (Å²) < 4.78 is 0. The number of hydrogen-bond donors (Lipinski definition) is 2. The average molecular weight is 255 g/mol. The summed E-state index contributed by atoms with van der Waals surface area (Å²) in [5.74, 6) is 0. The van der Waals surface area contributed by atoms with Gasteiger partial charge in [-0.25, -0.2) is 0 Å². The normalized spacial score (nSPS) is 12.6. The fourth-order valence-corrected chi connectivity index (χ4v) is 1.91. The fourth-order valence-electron chi connectivity index (χ4n) is 0.961. The van der Waals surface area contributed by atoms with Crippen LogP contribution in [0.1, 0.15) is 6.92 Å². The number of hydrogen-bond acceptors (Lipinski definition) is 2. The minimum absolute atomic E-state index is 0.390. The fraction of sp³-hybridized carbons (Fsp3) is 0.333. The van der Waals surface area contributed by atoms with Crippen LogP contribution in [-0.4, -0.2) is 17.8 Å². The number of aliphatic hydroxyl groups excluding tert-OH is 1. The van der Waals surface area contributed by atoms with Gasteiger partial charge in [0.15, 0.2) is 0 Å². The van der Waals surface area contributed by atoms with Crippen LogP contribution < -0.4 is 5.32 Å². The minimum atomic E-state index is -0.460. The van der Waals surface area contributed by atoms with E-state index in [2.05, 4.69) is 5.32 Å². The monoisotopic (exact) mass is 253 g/mol. The maximum absolute atomic E-state index is 9.08. The Kier molecular flexibility index (Phi) is 4.32. The molecular formula is C9H10Cl3NO. The van der Waals surface area contributed by atoms with Crippen molar-refractivity contribution < 1.29 is 5.11 Å². The van der Waals surface area contributed by atoms with E-state index in [4.69, 9.17) is 39.9 Å². The number of aliphatic hydroxyl groups is 1. The molecule has 0 aliphatic rings. The molecule has 0 saturated carbocycles. The summed E-state index contributed by atoms with van der Waals surface area (Å²) in [5, 5.41) is 13.4. The summed E-state index contributed by atoms with van der Waals surface area (Å²) in [6.07, 6.45) is -0.460. The van der Waals surface area contributed by atoms with E-state index < -0.39 is 6.10 Å². The van der Waals surface area contributed by atoms with Gasteiger partial charge in [0.1, 0.15) is 0 Å². The van der Waals surface area contributed by atoms with Gasteiger partial charge in [-0.3, -0.25) is 0 Å². The molecular weight excluding hydrogens is 244 g/mol. The molecule has 1 aromatic carbocycles. The summed E-state index contributed by atoms with van der Waals surface area (Å²) in [5.41, 5.74) is 0.596. The van der Waals surface area contributed by atoms with E-state index >= 15 is 0 Å². The van der Waals surface area contributed by atoms with Crippen molar-refractivity contribution in [2.75, 3.05) is 11.9 Å². The van der Waals surface area contributed by atoms with Crippen LogP contribution in [0.15, 0.2) is 12.1 Å². The summed E-state index contributed by atoms with van der Waals surface area (Å²) in [6.45, 7) is 2.06. The summed E-state index contributed by atoms with van der Waals surface area (Å²) in [7, 11) is 0. The standard InChI is InChI=1S/C9H10Cl3NO/c1-5(14)4-13-9-7(11)2-6(10)3-8(9)12/h2-3,5,13-14H,4H2,1H3. The Labute approximate surface area is 97.8 Å². The molecule has 0 radical (unpaired) electrons. The lowest BCUT2D eigenvalue weighted by atomic mass is 10.3. The molecule has 0 fully saturated rings. The quantitative estimate of drug-likeness (QED) is 0.866. The summed E-state index contributed by atoms with van der Waals surface area (Å²) in [6, 6.07) is 3.19. The third-order valence-corrected chi connectivity index (χ3v) is 2.40. The third kappa shape index (κ3) is 3.21. The molecule has 1 rings (SSSR count). The first-order valence-corrected chi connectivity index (χ1v) is 5.20. The van der Waals surface area contributed by atoms with E-state index in [0.29, 0.717) is 27.3 Å². The molecule has 2 nitrogen and oxygen atoms in total. The number of rotatable bonds is 3. The third-order valence-electron chi connectivity index (χ3n) is 1.58. The summed E-state index contributed by atoms with van der Waals surface area (Å²) in [4.78, 5) is 0. The van der Waals surface area contributed by atoms with E-state index in [1.165, 1.54) is 0 Å². The van der Waals surface area contributed by atoms with Crippen molar-refractivity contribution in [2.24, 2.45) is 0 Å². The van der Waals surface area contributed by atoms with Gasteiger partial charge in [-0.05, 0) is 19.1 Å². The molecule has 0 heterocycles. The molecule has 1 unspecified atom stereocenters. The van der Waals surface area contributed by atoms with Crippen LogP contribution in [0, 0.1) is 0 Å². The maximum atomic E-state index is 9.08. The van der Waals surface area contributed by atoms with Crippen LogP contribution in [0.25, 0.3) is 0 Å². The molecule has 5 heteroatoms. The lowest BCUT2D eigenvalue weighted by Gasteiger charge is -2.12. The highest BCUT2D eigenvalue weighted by molar-refractivity contribution is 6.41. The Bertz CT molecular complexity index is 305. The second kappa shape index (κ2) is 5.08. The van der Waals surface area contributed by atoms with Crippen LogP contribution >= 0.6 is 34.8 Å². The van der Waals surface area contributed by atoms with Crippen molar-refractivity contribution in [3.63, 3.8) is 0 Å². The van der Waals surface area contributed by atoms with Gasteiger partial charge in [0, 0.05) is 11.6 Å². The first-order valence-electron chi connectivity index (χ1n) is 4.07. The van der Waals surface area contributed by atoms with E-state index in [-0.39, 0.29) is 0 Å². The number of nitrogens with one attached hydrogen (secondary N) is 1. The highest BCUT2D eigenvalue weighted by Gasteiger charge is 2.07. The van der Waals surface area contributed by atoms with Crippen molar-refractivity contribution >= 4 is 40.5 Å². The van der Waals surface area contributed by atoms with E-state index in [9.17, 15) is 0 Å². The van der Waals surface area contributed by atoms with Crippen molar-refractivity contribution in [1.29, 1.82) is 0 Å². The molecule has 78 valence electrons. The predicted octanol–water partition coefficient (Wildman–Crippen LogP) is 3.44. The lowest BCUT2D eigenvalue weighted by Crippen LogP contribution is -2.15. The van der Waals surface area contributed by atoms with Gasteiger partial charge < -0.3 is 10.4 Å². The highest BCUT2D eigenvalue weighted by atomic mass is 35.5. The Balaban J connectivity index is 2.86. The SMILES string of the molecule is CC(O)CNc1c(Cl)cc(Cl)cc1Cl. The largest absolute Gasteiger partial charge is 0.392 e. The topological polar surface area (TPSA) is 32.3 Å². The van der Waals surface area contributed by atoms with Crippen LogP contribution in [0.3, 0.4) is 0 Å². The Morgan fingerprint density at radius 2 is 1.79 bits per heavy atom. The van der Waals surface area contributed by atoms with Gasteiger partial charge in [-0.15, -0.1) is 0 Å². The Hall–Kier alpha value is -0.150. The lowest BCUT2D eigenvalue weighted by molar-refractivity contribution is 0.208. The maximum Gasteiger partial charge on any atom is 0.0720 e. The number of anilines is 1. The molecule has 1 aromatic rings. The minimum Gasteiger partial charge on any atom is -0.392 e. The zero-order valence-electron chi connectivity index (χ0n) is 7.52. The second-order valence-electron chi connectivity index (χ2n) is 2.97. The van der Waals surface area contributed by atoms with Crippen molar-refractivity contribution in [3.8, 4) is 0 Å². The van der Waals surface area contributed by atoms with Crippen molar-refractivity contribution in [2.45, 2.75) is 13.0 Å². The molecule has 0 aliphatic heterocycles. The van der Waals surface area contributed by atoms with Crippen molar-refractivity contribution in [1.82, 2.24) is 0 Å². The molecule has 0 spiro atoms. The van der Waals surface area contributed by atoms with Crippen LogP contribution in [0.4, 0.5) is 5.69 Å². The first kappa shape index (κ1) is 11.9. The molecule has 0 amide bonds. The Morgan fingerprint density at radius 1 is 1.29 bits per heavy atom. The van der Waals surface area contributed by atoms with Crippen LogP contribution in [0.5, 0.6) is 0 Å². The molecule has 14 heavy (non-hydrogen) atoms. The molecule has 0 saturated heterocycles. The van der Waals surface area contributed by atoms with Gasteiger partial charge in [0.05, 0.1) is 21.8 Å². The van der Waals surface area contributed by atoms with Crippen LogP contribution in [-0.2, 0) is 0 Å². The van der Waals surface area contributed by atoms with E-state index in [0.717, 1.165) is 0 Å². The molecule has 1 atom stereocenters. The van der Waals surface area contributed by atoms with E-state index in [1.807, 2.05) is 0 Å². The predicted molar refractivity (Wildman–Crippen MR) is 61.6 cm³/mol. The van der Waals surface area contributed by atoms with E-state index in [1.54, 1.807) is 19.1 Å². The molecule has 0 aromatic heterocycles. The second-order valence-corrected chi connectivity index (χ2v) is 4.23. The molecule has 0 bridgehead atoms. The number of benzene rings is 1. The van der Waals surface area contributed by atoms with Gasteiger partial charge in [0.25, 0.3) is 0 Å². The van der Waals surface area contributed by atoms with Gasteiger partial charge >= 0.3 is 0 Å². The van der Waals surface area contributed by atoms with Crippen molar-refractivity contribution in [3.05, 3.63) is 27.2 Å². The van der Waals surface area contributed by atoms with Gasteiger partial charge in [-0.1, -0.05) is 34.8 Å². The van der Waals surface area contributed by atoms with Gasteiger partial charge in [0.2, 0.25) is 0 Å². The smallest absolute Gasteiger partial charge is 0.0720 e. The molecule has 0 aliphatic carbocycles. The molecule has 2 N–H and O–H groups in total.